The molecule has 0 aliphatic carbocycles. The fourth-order valence-corrected chi connectivity index (χ4v) is 2.32. The second-order valence-electron chi connectivity index (χ2n) is 4.26. The highest BCUT2D eigenvalue weighted by atomic mass is 32.1. The van der Waals surface area contributed by atoms with Crippen LogP contribution in [0.4, 0.5) is 0 Å². The Bertz CT molecular complexity index is 285. The highest BCUT2D eigenvalue weighted by Gasteiger charge is 2.12. The summed E-state index contributed by atoms with van der Waals surface area (Å²) in [6, 6.07) is 0.387. The first-order valence-electron chi connectivity index (χ1n) is 6.49. The van der Waals surface area contributed by atoms with Crippen molar-refractivity contribution in [2.24, 2.45) is 0 Å². The molecule has 0 aromatic carbocycles. The van der Waals surface area contributed by atoms with E-state index in [0.29, 0.717) is 6.04 Å². The number of unbranched alkanes of at least 4 members (excludes halogenated alkanes) is 3. The van der Waals surface area contributed by atoms with Crippen molar-refractivity contribution in [3.05, 3.63) is 23.7 Å². The zero-order valence-corrected chi connectivity index (χ0v) is 11.5. The van der Waals surface area contributed by atoms with Crippen molar-refractivity contribution in [3.8, 4) is 0 Å². The van der Waals surface area contributed by atoms with Gasteiger partial charge in [0.25, 0.3) is 0 Å². The van der Waals surface area contributed by atoms with Gasteiger partial charge in [-0.05, 0) is 43.8 Å². The van der Waals surface area contributed by atoms with Gasteiger partial charge in [-0.25, -0.2) is 0 Å². The molecule has 0 fully saturated rings. The lowest BCUT2D eigenvalue weighted by molar-refractivity contribution is 0.463. The number of rotatable bonds is 10. The Balaban J connectivity index is 2.28. The maximum atomic E-state index is 4.17. The number of nitrogens with zero attached hydrogens (tertiary/aromatic N) is 2. The van der Waals surface area contributed by atoms with E-state index in [1.807, 2.05) is 6.08 Å². The number of nitrogens with one attached hydrogen (secondary N) is 1. The lowest BCUT2D eigenvalue weighted by Gasteiger charge is -2.15. The molecule has 17 heavy (non-hydrogen) atoms. The SMILES string of the molecule is C=CCCCCCC(NCCC)c1csnn1. The van der Waals surface area contributed by atoms with E-state index in [0.717, 1.165) is 31.5 Å². The predicted molar refractivity (Wildman–Crippen MR) is 74.2 cm³/mol. The third-order valence-corrected chi connectivity index (χ3v) is 3.30. The number of hydrogen-bond donors (Lipinski definition) is 1. The molecule has 1 heterocycles. The smallest absolute Gasteiger partial charge is 0.0924 e. The molecule has 1 aromatic rings. The quantitative estimate of drug-likeness (QED) is 0.510. The topological polar surface area (TPSA) is 37.8 Å². The van der Waals surface area contributed by atoms with E-state index in [1.54, 1.807) is 0 Å². The first-order valence-corrected chi connectivity index (χ1v) is 7.33. The zero-order valence-electron chi connectivity index (χ0n) is 10.7. The van der Waals surface area contributed by atoms with Gasteiger partial charge in [0.1, 0.15) is 0 Å². The van der Waals surface area contributed by atoms with Gasteiger partial charge >= 0.3 is 0 Å². The minimum absolute atomic E-state index is 0.387. The normalized spacial score (nSPS) is 12.5. The Morgan fingerprint density at radius 2 is 2.35 bits per heavy atom. The first kappa shape index (κ1) is 14.3. The lowest BCUT2D eigenvalue weighted by atomic mass is 10.0. The van der Waals surface area contributed by atoms with Crippen molar-refractivity contribution >= 4 is 11.5 Å². The average Bonchev–Trinajstić information content (AvgIpc) is 2.86. The molecule has 0 aliphatic rings. The Morgan fingerprint density at radius 3 is 3.00 bits per heavy atom. The lowest BCUT2D eigenvalue weighted by Crippen LogP contribution is -2.22. The van der Waals surface area contributed by atoms with Crippen LogP contribution in [-0.2, 0) is 0 Å². The van der Waals surface area contributed by atoms with Gasteiger partial charge in [-0.1, -0.05) is 30.3 Å². The summed E-state index contributed by atoms with van der Waals surface area (Å²) >= 11 is 1.43. The maximum absolute atomic E-state index is 4.17. The molecule has 1 rings (SSSR count). The predicted octanol–water partition coefficient (Wildman–Crippen LogP) is 3.72. The van der Waals surface area contributed by atoms with Crippen molar-refractivity contribution in [1.82, 2.24) is 14.9 Å². The fraction of sp³-hybridized carbons (Fsp3) is 0.692. The summed E-state index contributed by atoms with van der Waals surface area (Å²) in [7, 11) is 0. The largest absolute Gasteiger partial charge is 0.309 e. The summed E-state index contributed by atoms with van der Waals surface area (Å²) in [5, 5.41) is 9.77. The third kappa shape index (κ3) is 5.94. The van der Waals surface area contributed by atoms with Gasteiger partial charge in [-0.15, -0.1) is 11.7 Å². The molecule has 0 aliphatic heterocycles. The minimum atomic E-state index is 0.387. The molecule has 0 spiro atoms. The van der Waals surface area contributed by atoms with Crippen LogP contribution in [0.1, 0.15) is 57.2 Å². The fourth-order valence-electron chi connectivity index (χ4n) is 1.81. The highest BCUT2D eigenvalue weighted by Crippen LogP contribution is 2.19. The summed E-state index contributed by atoms with van der Waals surface area (Å²) in [5.41, 5.74) is 1.10. The molecular formula is C13H23N3S. The van der Waals surface area contributed by atoms with Gasteiger partial charge in [0, 0.05) is 5.38 Å². The molecular weight excluding hydrogens is 230 g/mol. The first-order chi connectivity index (χ1) is 8.38. The van der Waals surface area contributed by atoms with Crippen LogP contribution in [0.2, 0.25) is 0 Å². The molecule has 0 bridgehead atoms. The summed E-state index contributed by atoms with van der Waals surface area (Å²) in [6.45, 7) is 6.98. The standard InChI is InChI=1S/C13H23N3S/c1-3-5-6-7-8-9-12(14-10-4-2)13-11-17-16-15-13/h3,11-12,14H,1,4-10H2,2H3. The molecule has 0 amide bonds. The van der Waals surface area contributed by atoms with E-state index in [-0.39, 0.29) is 0 Å². The van der Waals surface area contributed by atoms with E-state index in [9.17, 15) is 0 Å². The molecule has 1 N–H and O–H groups in total. The van der Waals surface area contributed by atoms with E-state index < -0.39 is 0 Å². The van der Waals surface area contributed by atoms with E-state index >= 15 is 0 Å². The molecule has 1 aromatic heterocycles. The molecule has 0 saturated heterocycles. The molecule has 1 unspecified atom stereocenters. The Labute approximate surface area is 108 Å². The molecule has 0 radical (unpaired) electrons. The van der Waals surface area contributed by atoms with Crippen molar-refractivity contribution < 1.29 is 0 Å². The number of hydrogen-bond acceptors (Lipinski definition) is 4. The zero-order chi connectivity index (χ0) is 12.3. The van der Waals surface area contributed by atoms with Gasteiger partial charge in [-0.3, -0.25) is 0 Å². The second-order valence-corrected chi connectivity index (χ2v) is 4.87. The molecule has 1 atom stereocenters. The van der Waals surface area contributed by atoms with Crippen LogP contribution in [0.15, 0.2) is 18.0 Å². The monoisotopic (exact) mass is 253 g/mol. The Hall–Kier alpha value is -0.740. The summed E-state index contributed by atoms with van der Waals surface area (Å²) in [4.78, 5) is 0. The van der Waals surface area contributed by atoms with Crippen LogP contribution in [-0.4, -0.2) is 16.1 Å². The molecule has 96 valence electrons. The van der Waals surface area contributed by atoms with Gasteiger partial charge in [0.15, 0.2) is 0 Å². The van der Waals surface area contributed by atoms with Crippen LogP contribution in [0, 0.1) is 0 Å². The van der Waals surface area contributed by atoms with Crippen molar-refractivity contribution in [2.45, 2.75) is 51.5 Å². The van der Waals surface area contributed by atoms with Crippen LogP contribution >= 0.6 is 11.5 Å². The Morgan fingerprint density at radius 1 is 1.47 bits per heavy atom. The summed E-state index contributed by atoms with van der Waals surface area (Å²) < 4.78 is 3.95. The second kappa shape index (κ2) is 9.31. The number of aromatic nitrogens is 2. The maximum Gasteiger partial charge on any atom is 0.0924 e. The Kier molecular flexibility index (Phi) is 7.84. The number of allylic oxidation sites excluding steroid dienone is 1. The molecule has 3 nitrogen and oxygen atoms in total. The molecule has 4 heteroatoms. The highest BCUT2D eigenvalue weighted by molar-refractivity contribution is 7.03. The minimum Gasteiger partial charge on any atom is -0.309 e. The summed E-state index contributed by atoms with van der Waals surface area (Å²) in [6.07, 6.45) is 9.20. The van der Waals surface area contributed by atoms with Gasteiger partial charge in [0.2, 0.25) is 0 Å². The van der Waals surface area contributed by atoms with Gasteiger partial charge in [0.05, 0.1) is 11.7 Å². The van der Waals surface area contributed by atoms with Gasteiger partial charge < -0.3 is 5.32 Å². The van der Waals surface area contributed by atoms with Crippen molar-refractivity contribution in [2.75, 3.05) is 6.54 Å². The van der Waals surface area contributed by atoms with Crippen molar-refractivity contribution in [1.29, 1.82) is 0 Å². The van der Waals surface area contributed by atoms with Crippen molar-refractivity contribution in [3.63, 3.8) is 0 Å². The third-order valence-electron chi connectivity index (χ3n) is 2.78. The van der Waals surface area contributed by atoms with E-state index in [1.165, 1.54) is 30.8 Å². The van der Waals surface area contributed by atoms with Crippen LogP contribution in [0.3, 0.4) is 0 Å². The van der Waals surface area contributed by atoms with Gasteiger partial charge in [-0.2, -0.15) is 0 Å². The van der Waals surface area contributed by atoms with E-state index in [4.69, 9.17) is 0 Å². The van der Waals surface area contributed by atoms with Crippen LogP contribution in [0.5, 0.6) is 0 Å². The van der Waals surface area contributed by atoms with E-state index in [2.05, 4.69) is 33.8 Å². The summed E-state index contributed by atoms with van der Waals surface area (Å²) in [5.74, 6) is 0. The molecule has 0 saturated carbocycles. The average molecular weight is 253 g/mol. The van der Waals surface area contributed by atoms with Crippen LogP contribution in [0.25, 0.3) is 0 Å². The van der Waals surface area contributed by atoms with Crippen LogP contribution < -0.4 is 5.32 Å².